The average molecular weight is 308 g/mol. The van der Waals surface area contributed by atoms with Gasteiger partial charge in [0, 0.05) is 7.05 Å². The molecule has 1 aromatic heterocycles. The second kappa shape index (κ2) is 6.96. The van der Waals surface area contributed by atoms with Crippen LogP contribution in [0.3, 0.4) is 0 Å². The minimum absolute atomic E-state index is 0.0716. The number of nitrogens with one attached hydrogen (secondary N) is 1. The second-order valence-electron chi connectivity index (χ2n) is 5.12. The van der Waals surface area contributed by atoms with E-state index in [2.05, 4.69) is 23.4 Å². The van der Waals surface area contributed by atoms with Crippen LogP contribution in [0, 0.1) is 6.92 Å². The molecule has 2 aromatic rings. The molecule has 0 saturated carbocycles. The summed E-state index contributed by atoms with van der Waals surface area (Å²) in [5, 5.41) is 8.63. The molecule has 0 aliphatic rings. The first-order valence-electron chi connectivity index (χ1n) is 7.14. The van der Waals surface area contributed by atoms with E-state index < -0.39 is 0 Å². The van der Waals surface area contributed by atoms with Gasteiger partial charge in [-0.05, 0) is 43.7 Å². The minimum Gasteiger partial charge on any atom is -0.495 e. The van der Waals surface area contributed by atoms with Crippen LogP contribution >= 0.6 is 11.6 Å². The van der Waals surface area contributed by atoms with Crippen molar-refractivity contribution >= 4 is 11.6 Å². The number of nitrogens with zero attached hydrogens (tertiary/aromatic N) is 2. The fraction of sp³-hybridized carbons (Fsp3) is 0.438. The van der Waals surface area contributed by atoms with Crippen molar-refractivity contribution in [2.75, 3.05) is 13.7 Å². The highest BCUT2D eigenvalue weighted by molar-refractivity contribution is 6.32. The van der Waals surface area contributed by atoms with Crippen LogP contribution in [-0.4, -0.2) is 23.4 Å². The van der Waals surface area contributed by atoms with Crippen LogP contribution in [0.25, 0.3) is 0 Å². The molecule has 0 radical (unpaired) electrons. The standard InChI is InChI=1S/C16H22ClN3O/c1-5-8-18-16(14-9-11(2)19-20(14)3)12-6-7-13(17)15(10-12)21-4/h6-7,9-10,16,18H,5,8H2,1-4H3. The summed E-state index contributed by atoms with van der Waals surface area (Å²) < 4.78 is 7.25. The third-order valence-electron chi connectivity index (χ3n) is 3.44. The van der Waals surface area contributed by atoms with Crippen LogP contribution in [0.15, 0.2) is 24.3 Å². The topological polar surface area (TPSA) is 39.1 Å². The first-order valence-corrected chi connectivity index (χ1v) is 7.52. The van der Waals surface area contributed by atoms with Gasteiger partial charge in [-0.3, -0.25) is 4.68 Å². The van der Waals surface area contributed by atoms with E-state index in [-0.39, 0.29) is 6.04 Å². The SMILES string of the molecule is CCCNC(c1ccc(Cl)c(OC)c1)c1cc(C)nn1C. The van der Waals surface area contributed by atoms with E-state index in [0.717, 1.165) is 29.9 Å². The van der Waals surface area contributed by atoms with Crippen molar-refractivity contribution in [1.29, 1.82) is 0 Å². The van der Waals surface area contributed by atoms with E-state index in [1.165, 1.54) is 0 Å². The van der Waals surface area contributed by atoms with Gasteiger partial charge in [0.05, 0.1) is 29.6 Å². The maximum Gasteiger partial charge on any atom is 0.137 e. The average Bonchev–Trinajstić information content (AvgIpc) is 2.79. The maximum absolute atomic E-state index is 6.12. The third-order valence-corrected chi connectivity index (χ3v) is 3.75. The fourth-order valence-corrected chi connectivity index (χ4v) is 2.63. The first-order chi connectivity index (χ1) is 10.1. The molecule has 0 fully saturated rings. The smallest absolute Gasteiger partial charge is 0.137 e. The van der Waals surface area contributed by atoms with Gasteiger partial charge in [-0.15, -0.1) is 0 Å². The monoisotopic (exact) mass is 307 g/mol. The van der Waals surface area contributed by atoms with Gasteiger partial charge in [0.2, 0.25) is 0 Å². The molecule has 0 saturated heterocycles. The van der Waals surface area contributed by atoms with E-state index in [9.17, 15) is 0 Å². The molecule has 4 nitrogen and oxygen atoms in total. The number of aryl methyl sites for hydroxylation is 2. The molecule has 0 aliphatic carbocycles. The van der Waals surface area contributed by atoms with E-state index in [1.807, 2.05) is 36.9 Å². The van der Waals surface area contributed by atoms with Gasteiger partial charge in [0.15, 0.2) is 0 Å². The third kappa shape index (κ3) is 3.57. The predicted molar refractivity (Wildman–Crippen MR) is 86.1 cm³/mol. The van der Waals surface area contributed by atoms with Gasteiger partial charge in [-0.2, -0.15) is 5.10 Å². The number of aromatic nitrogens is 2. The molecule has 1 N–H and O–H groups in total. The van der Waals surface area contributed by atoms with E-state index in [0.29, 0.717) is 10.8 Å². The summed E-state index contributed by atoms with van der Waals surface area (Å²) in [5.74, 6) is 0.691. The Kier molecular flexibility index (Phi) is 5.26. The Bertz CT molecular complexity index is 610. The first kappa shape index (κ1) is 15.9. The van der Waals surface area contributed by atoms with Gasteiger partial charge in [0.25, 0.3) is 0 Å². The van der Waals surface area contributed by atoms with Gasteiger partial charge >= 0.3 is 0 Å². The molecular weight excluding hydrogens is 286 g/mol. The van der Waals surface area contributed by atoms with E-state index in [4.69, 9.17) is 16.3 Å². The van der Waals surface area contributed by atoms with Crippen molar-refractivity contribution in [2.24, 2.45) is 7.05 Å². The zero-order valence-corrected chi connectivity index (χ0v) is 13.7. The molecule has 1 aromatic carbocycles. The molecule has 114 valence electrons. The maximum atomic E-state index is 6.12. The number of halogens is 1. The van der Waals surface area contributed by atoms with Crippen LogP contribution in [0.2, 0.25) is 5.02 Å². The molecule has 0 amide bonds. The Balaban J connectivity index is 2.42. The molecule has 1 heterocycles. The lowest BCUT2D eigenvalue weighted by atomic mass is 10.0. The summed E-state index contributed by atoms with van der Waals surface area (Å²) in [6.45, 7) is 5.09. The molecule has 1 unspecified atom stereocenters. The zero-order chi connectivity index (χ0) is 15.4. The molecule has 2 rings (SSSR count). The Hall–Kier alpha value is -1.52. The lowest BCUT2D eigenvalue weighted by Crippen LogP contribution is -2.25. The summed E-state index contributed by atoms with van der Waals surface area (Å²) in [7, 11) is 3.60. The van der Waals surface area contributed by atoms with Crippen LogP contribution < -0.4 is 10.1 Å². The van der Waals surface area contributed by atoms with Crippen molar-refractivity contribution in [3.63, 3.8) is 0 Å². The molecule has 0 spiro atoms. The van der Waals surface area contributed by atoms with Crippen LogP contribution in [0.1, 0.15) is 36.3 Å². The van der Waals surface area contributed by atoms with Crippen molar-refractivity contribution in [2.45, 2.75) is 26.3 Å². The van der Waals surface area contributed by atoms with Gasteiger partial charge in [0.1, 0.15) is 5.75 Å². The molecule has 21 heavy (non-hydrogen) atoms. The Morgan fingerprint density at radius 1 is 1.38 bits per heavy atom. The summed E-state index contributed by atoms with van der Waals surface area (Å²) in [6, 6.07) is 8.06. The van der Waals surface area contributed by atoms with Crippen LogP contribution in [-0.2, 0) is 7.05 Å². The second-order valence-corrected chi connectivity index (χ2v) is 5.52. The van der Waals surface area contributed by atoms with Gasteiger partial charge < -0.3 is 10.1 Å². The molecule has 5 heteroatoms. The van der Waals surface area contributed by atoms with E-state index >= 15 is 0 Å². The summed E-state index contributed by atoms with van der Waals surface area (Å²) >= 11 is 6.12. The van der Waals surface area contributed by atoms with Crippen molar-refractivity contribution < 1.29 is 4.74 Å². The van der Waals surface area contributed by atoms with Crippen molar-refractivity contribution in [1.82, 2.24) is 15.1 Å². The molecule has 0 aliphatic heterocycles. The molecule has 1 atom stereocenters. The normalized spacial score (nSPS) is 12.4. The Labute approximate surface area is 131 Å². The lowest BCUT2D eigenvalue weighted by Gasteiger charge is -2.20. The van der Waals surface area contributed by atoms with Crippen molar-refractivity contribution in [3.05, 3.63) is 46.2 Å². The predicted octanol–water partition coefficient (Wildman–Crippen LogP) is 3.48. The fourth-order valence-electron chi connectivity index (χ4n) is 2.44. The van der Waals surface area contributed by atoms with Crippen molar-refractivity contribution in [3.8, 4) is 5.75 Å². The van der Waals surface area contributed by atoms with Crippen LogP contribution in [0.5, 0.6) is 5.75 Å². The lowest BCUT2D eigenvalue weighted by molar-refractivity contribution is 0.413. The number of rotatable bonds is 6. The summed E-state index contributed by atoms with van der Waals surface area (Å²) in [5.41, 5.74) is 3.26. The number of ether oxygens (including phenoxy) is 1. The molecular formula is C16H22ClN3O. The highest BCUT2D eigenvalue weighted by Crippen LogP contribution is 2.30. The quantitative estimate of drug-likeness (QED) is 0.888. The number of hydrogen-bond donors (Lipinski definition) is 1. The highest BCUT2D eigenvalue weighted by atomic mass is 35.5. The Morgan fingerprint density at radius 2 is 2.14 bits per heavy atom. The minimum atomic E-state index is 0.0716. The van der Waals surface area contributed by atoms with Gasteiger partial charge in [-0.25, -0.2) is 0 Å². The highest BCUT2D eigenvalue weighted by Gasteiger charge is 2.19. The summed E-state index contributed by atoms with van der Waals surface area (Å²) in [6.07, 6.45) is 1.07. The van der Waals surface area contributed by atoms with Crippen LogP contribution in [0.4, 0.5) is 0 Å². The number of hydrogen-bond acceptors (Lipinski definition) is 3. The largest absolute Gasteiger partial charge is 0.495 e. The summed E-state index contributed by atoms with van der Waals surface area (Å²) in [4.78, 5) is 0. The molecule has 0 bridgehead atoms. The van der Waals surface area contributed by atoms with Gasteiger partial charge in [-0.1, -0.05) is 24.6 Å². The Morgan fingerprint density at radius 3 is 2.71 bits per heavy atom. The number of methoxy groups -OCH3 is 1. The van der Waals surface area contributed by atoms with E-state index in [1.54, 1.807) is 7.11 Å². The zero-order valence-electron chi connectivity index (χ0n) is 13.0. The number of benzene rings is 1.